The van der Waals surface area contributed by atoms with E-state index in [9.17, 15) is 4.79 Å². The zero-order chi connectivity index (χ0) is 17.4. The molecule has 1 aromatic carbocycles. The van der Waals surface area contributed by atoms with Crippen LogP contribution in [0.3, 0.4) is 0 Å². The van der Waals surface area contributed by atoms with Crippen molar-refractivity contribution in [2.24, 2.45) is 0 Å². The highest BCUT2D eigenvalue weighted by molar-refractivity contribution is 9.11. The number of halogens is 1. The summed E-state index contributed by atoms with van der Waals surface area (Å²) in [7, 11) is 0. The molecular weight excluding hydrogens is 416 g/mol. The monoisotopic (exact) mass is 432 g/mol. The number of hydrogen-bond donors (Lipinski definition) is 1. The van der Waals surface area contributed by atoms with Gasteiger partial charge in [0.05, 0.1) is 19.2 Å². The van der Waals surface area contributed by atoms with Gasteiger partial charge in [0.25, 0.3) is 0 Å². The fraction of sp³-hybridized carbons (Fsp3) is 0.211. The Labute approximate surface area is 163 Å². The lowest BCUT2D eigenvalue weighted by Gasteiger charge is -2.27. The van der Waals surface area contributed by atoms with Crippen molar-refractivity contribution in [2.75, 3.05) is 12.3 Å². The minimum Gasteiger partial charge on any atom is -0.390 e. The van der Waals surface area contributed by atoms with E-state index < -0.39 is 0 Å². The van der Waals surface area contributed by atoms with Crippen LogP contribution in [0.25, 0.3) is 0 Å². The summed E-state index contributed by atoms with van der Waals surface area (Å²) < 4.78 is 0.965. The number of ketones is 1. The van der Waals surface area contributed by atoms with Crippen LogP contribution in [0.2, 0.25) is 0 Å². The molecule has 0 fully saturated rings. The third-order valence-electron chi connectivity index (χ3n) is 4.44. The second-order valence-corrected chi connectivity index (χ2v) is 9.72. The van der Waals surface area contributed by atoms with E-state index in [1.165, 1.54) is 21.8 Å². The molecule has 1 aliphatic heterocycles. The third-order valence-corrected chi connectivity index (χ3v) is 7.10. The second kappa shape index (κ2) is 7.03. The first-order valence-corrected chi connectivity index (χ1v) is 10.5. The lowest BCUT2D eigenvalue weighted by molar-refractivity contribution is 0.104. The highest BCUT2D eigenvalue weighted by atomic mass is 79.9. The van der Waals surface area contributed by atoms with Crippen molar-refractivity contribution in [1.29, 1.82) is 0 Å². The lowest BCUT2D eigenvalue weighted by Crippen LogP contribution is -2.29. The largest absolute Gasteiger partial charge is 0.390 e. The Balaban J connectivity index is 1.58. The molecule has 0 saturated heterocycles. The van der Waals surface area contributed by atoms with Gasteiger partial charge in [-0.2, -0.15) is 0 Å². The molecule has 128 valence electrons. The number of anilines is 1. The SMILES string of the molecule is Nc1sc2c(c1C(=O)c1ccc(Br)s1)CCN(Cc1ccccc1)C2. The Morgan fingerprint density at radius 1 is 1.16 bits per heavy atom. The quantitative estimate of drug-likeness (QED) is 0.593. The molecule has 0 saturated carbocycles. The molecule has 0 radical (unpaired) electrons. The number of nitrogens with zero attached hydrogens (tertiary/aromatic N) is 1. The molecule has 0 atom stereocenters. The van der Waals surface area contributed by atoms with Gasteiger partial charge < -0.3 is 5.73 Å². The van der Waals surface area contributed by atoms with Crippen LogP contribution in [0.1, 0.15) is 31.2 Å². The number of thiophene rings is 2. The van der Waals surface area contributed by atoms with Crippen LogP contribution in [-0.4, -0.2) is 17.2 Å². The molecule has 6 heteroatoms. The molecule has 4 rings (SSSR count). The lowest BCUT2D eigenvalue weighted by atomic mass is 9.99. The molecule has 0 aliphatic carbocycles. The fourth-order valence-corrected chi connectivity index (χ4v) is 5.75. The first-order valence-electron chi connectivity index (χ1n) is 8.08. The van der Waals surface area contributed by atoms with Gasteiger partial charge in [-0.1, -0.05) is 30.3 Å². The highest BCUT2D eigenvalue weighted by Crippen LogP contribution is 2.38. The molecule has 0 unspecified atom stereocenters. The predicted molar refractivity (Wildman–Crippen MR) is 108 cm³/mol. The molecule has 3 nitrogen and oxygen atoms in total. The molecule has 0 spiro atoms. The zero-order valence-electron chi connectivity index (χ0n) is 13.5. The maximum Gasteiger partial charge on any atom is 0.206 e. The van der Waals surface area contributed by atoms with E-state index in [4.69, 9.17) is 5.73 Å². The van der Waals surface area contributed by atoms with E-state index in [0.717, 1.165) is 45.8 Å². The number of carbonyl (C=O) groups is 1. The summed E-state index contributed by atoms with van der Waals surface area (Å²) in [6.07, 6.45) is 0.878. The van der Waals surface area contributed by atoms with Gasteiger partial charge in [0.1, 0.15) is 0 Å². The summed E-state index contributed by atoms with van der Waals surface area (Å²) >= 11 is 6.46. The summed E-state index contributed by atoms with van der Waals surface area (Å²) in [5.74, 6) is 0.0576. The maximum absolute atomic E-state index is 12.9. The van der Waals surface area contributed by atoms with Crippen molar-refractivity contribution >= 4 is 49.4 Å². The first-order chi connectivity index (χ1) is 12.1. The number of hydrogen-bond acceptors (Lipinski definition) is 5. The maximum atomic E-state index is 12.9. The highest BCUT2D eigenvalue weighted by Gasteiger charge is 2.28. The molecule has 3 aromatic rings. The first kappa shape index (κ1) is 17.0. The average Bonchev–Trinajstić information content (AvgIpc) is 3.17. The standard InChI is InChI=1S/C19H17BrN2OS2/c20-16-7-6-14(24-16)18(23)17-13-8-9-22(11-15(13)25-19(17)21)10-12-4-2-1-3-5-12/h1-7H,8-11,21H2. The van der Waals surface area contributed by atoms with E-state index in [2.05, 4.69) is 45.1 Å². The van der Waals surface area contributed by atoms with Gasteiger partial charge >= 0.3 is 0 Å². The van der Waals surface area contributed by atoms with Crippen molar-refractivity contribution in [3.63, 3.8) is 0 Å². The minimum absolute atomic E-state index is 0.0576. The van der Waals surface area contributed by atoms with E-state index in [-0.39, 0.29) is 5.78 Å². The van der Waals surface area contributed by atoms with Crippen LogP contribution in [0.4, 0.5) is 5.00 Å². The zero-order valence-corrected chi connectivity index (χ0v) is 16.7. The van der Waals surface area contributed by atoms with E-state index in [1.54, 1.807) is 11.3 Å². The van der Waals surface area contributed by atoms with Crippen LogP contribution in [-0.2, 0) is 19.5 Å². The number of nitrogens with two attached hydrogens (primary N) is 1. The minimum atomic E-state index is 0.0576. The molecule has 3 heterocycles. The fourth-order valence-electron chi connectivity index (χ4n) is 3.26. The number of fused-ring (bicyclic) bond motifs is 1. The van der Waals surface area contributed by atoms with E-state index in [1.807, 2.05) is 18.2 Å². The number of carbonyl (C=O) groups excluding carboxylic acids is 1. The van der Waals surface area contributed by atoms with Crippen molar-refractivity contribution < 1.29 is 4.79 Å². The molecule has 1 aliphatic rings. The number of rotatable bonds is 4. The van der Waals surface area contributed by atoms with Gasteiger partial charge in [-0.25, -0.2) is 0 Å². The summed E-state index contributed by atoms with van der Waals surface area (Å²) in [5, 5.41) is 0.654. The summed E-state index contributed by atoms with van der Waals surface area (Å²) in [6, 6.07) is 14.3. The smallest absolute Gasteiger partial charge is 0.206 e. The number of benzene rings is 1. The molecule has 2 N–H and O–H groups in total. The van der Waals surface area contributed by atoms with Crippen molar-refractivity contribution in [1.82, 2.24) is 4.90 Å². The van der Waals surface area contributed by atoms with Crippen molar-refractivity contribution in [3.05, 3.63) is 72.7 Å². The van der Waals surface area contributed by atoms with Gasteiger partial charge in [-0.15, -0.1) is 22.7 Å². The van der Waals surface area contributed by atoms with Crippen molar-refractivity contribution in [2.45, 2.75) is 19.5 Å². The summed E-state index contributed by atoms with van der Waals surface area (Å²) in [5.41, 5.74) is 9.44. The van der Waals surface area contributed by atoms with Gasteiger partial charge in [0, 0.05) is 24.5 Å². The Hall–Kier alpha value is -1.47. The van der Waals surface area contributed by atoms with Crippen LogP contribution in [0.15, 0.2) is 46.3 Å². The van der Waals surface area contributed by atoms with Gasteiger partial charge in [-0.05, 0) is 45.6 Å². The summed E-state index contributed by atoms with van der Waals surface area (Å²) in [4.78, 5) is 17.3. The van der Waals surface area contributed by atoms with Gasteiger partial charge in [0.2, 0.25) is 5.78 Å². The van der Waals surface area contributed by atoms with Crippen LogP contribution >= 0.6 is 38.6 Å². The van der Waals surface area contributed by atoms with Gasteiger partial charge in [0.15, 0.2) is 0 Å². The summed E-state index contributed by atoms with van der Waals surface area (Å²) in [6.45, 7) is 2.74. The second-order valence-electron chi connectivity index (χ2n) is 6.12. The topological polar surface area (TPSA) is 46.3 Å². The van der Waals surface area contributed by atoms with Gasteiger partial charge in [-0.3, -0.25) is 9.69 Å². The van der Waals surface area contributed by atoms with Crippen molar-refractivity contribution in [3.8, 4) is 0 Å². The van der Waals surface area contributed by atoms with E-state index >= 15 is 0 Å². The van der Waals surface area contributed by atoms with Crippen LogP contribution < -0.4 is 5.73 Å². The van der Waals surface area contributed by atoms with E-state index in [0.29, 0.717) is 5.00 Å². The molecule has 0 amide bonds. The third kappa shape index (κ3) is 3.44. The predicted octanol–water partition coefficient (Wildman–Crippen LogP) is 4.94. The van der Waals surface area contributed by atoms with Crippen LogP contribution in [0.5, 0.6) is 0 Å². The number of nitrogen functional groups attached to an aromatic ring is 1. The Kier molecular flexibility index (Phi) is 4.78. The normalized spacial score (nSPS) is 14.4. The molecule has 2 aromatic heterocycles. The Morgan fingerprint density at radius 2 is 1.96 bits per heavy atom. The average molecular weight is 433 g/mol. The molecule has 25 heavy (non-hydrogen) atoms. The Bertz CT molecular complexity index is 917. The Morgan fingerprint density at radius 3 is 2.68 bits per heavy atom. The molecule has 0 bridgehead atoms. The molecular formula is C19H17BrN2OS2. The van der Waals surface area contributed by atoms with Crippen LogP contribution in [0, 0.1) is 0 Å².